The fraction of sp³-hybridized carbons (Fsp3) is 0.0667. The fourth-order valence-corrected chi connectivity index (χ4v) is 2.44. The number of hydrogen-bond donors (Lipinski definition) is 3. The summed E-state index contributed by atoms with van der Waals surface area (Å²) in [5.74, 6) is 0. The molecule has 3 rings (SSSR count). The van der Waals surface area contributed by atoms with E-state index in [0.29, 0.717) is 16.7 Å². The van der Waals surface area contributed by atoms with Crippen LogP contribution in [-0.2, 0) is 6.18 Å². The molecule has 3 aromatic rings. The van der Waals surface area contributed by atoms with E-state index >= 15 is 0 Å². The van der Waals surface area contributed by atoms with E-state index in [4.69, 9.17) is 0 Å². The molecule has 0 unspecified atom stereocenters. The Labute approximate surface area is 142 Å². The van der Waals surface area contributed by atoms with Crippen LogP contribution in [0.4, 0.5) is 29.3 Å². The van der Waals surface area contributed by atoms with Crippen molar-refractivity contribution in [1.82, 2.24) is 9.97 Å². The van der Waals surface area contributed by atoms with E-state index in [-0.39, 0.29) is 5.69 Å². The summed E-state index contributed by atoms with van der Waals surface area (Å²) in [7, 11) is 0. The molecule has 0 aliphatic rings. The van der Waals surface area contributed by atoms with Crippen LogP contribution in [0, 0.1) is 0 Å². The van der Waals surface area contributed by atoms with Gasteiger partial charge in [0.05, 0.1) is 11.3 Å². The highest BCUT2D eigenvalue weighted by atomic mass is 79.9. The number of anilines is 2. The van der Waals surface area contributed by atoms with Gasteiger partial charge in [-0.2, -0.15) is 13.2 Å². The van der Waals surface area contributed by atoms with Gasteiger partial charge in [-0.3, -0.25) is 0 Å². The first-order chi connectivity index (χ1) is 11.3. The number of halogens is 4. The summed E-state index contributed by atoms with van der Waals surface area (Å²) in [6.45, 7) is 0. The SMILES string of the molecule is O=C(Nc1ccc(C(F)(F)F)cc1)Nc1c[nH]c2ncc(Br)cc12. The zero-order chi connectivity index (χ0) is 17.3. The molecule has 0 saturated carbocycles. The third kappa shape index (κ3) is 3.51. The number of carbonyl (C=O) groups is 1. The number of fused-ring (bicyclic) bond motifs is 1. The second-order valence-electron chi connectivity index (χ2n) is 4.91. The van der Waals surface area contributed by atoms with Crippen LogP contribution in [0.3, 0.4) is 0 Å². The van der Waals surface area contributed by atoms with Gasteiger partial charge in [-0.25, -0.2) is 9.78 Å². The van der Waals surface area contributed by atoms with Gasteiger partial charge >= 0.3 is 12.2 Å². The highest BCUT2D eigenvalue weighted by molar-refractivity contribution is 9.10. The Bertz CT molecular complexity index is 890. The van der Waals surface area contributed by atoms with Crippen molar-refractivity contribution >= 4 is 44.4 Å². The molecule has 0 radical (unpaired) electrons. The maximum Gasteiger partial charge on any atom is 0.416 e. The normalized spacial score (nSPS) is 11.5. The van der Waals surface area contributed by atoms with Crippen LogP contribution in [-0.4, -0.2) is 16.0 Å². The summed E-state index contributed by atoms with van der Waals surface area (Å²) in [5.41, 5.74) is 0.576. The second kappa shape index (κ2) is 6.16. The Hall–Kier alpha value is -2.55. The number of aromatic nitrogens is 2. The molecule has 124 valence electrons. The molecular formula is C15H10BrF3N4O. The number of carbonyl (C=O) groups excluding carboxylic acids is 1. The predicted octanol–water partition coefficient (Wildman–Crippen LogP) is 4.99. The molecule has 0 spiro atoms. The average Bonchev–Trinajstić information content (AvgIpc) is 2.89. The molecule has 0 aliphatic heterocycles. The van der Waals surface area contributed by atoms with Crippen LogP contribution in [0.15, 0.2) is 47.2 Å². The largest absolute Gasteiger partial charge is 0.416 e. The summed E-state index contributed by atoms with van der Waals surface area (Å²) in [5, 5.41) is 5.80. The third-order valence-corrected chi connectivity index (χ3v) is 3.65. The van der Waals surface area contributed by atoms with Crippen molar-refractivity contribution in [1.29, 1.82) is 0 Å². The molecule has 0 aliphatic carbocycles. The van der Waals surface area contributed by atoms with Gasteiger partial charge in [-0.05, 0) is 46.3 Å². The van der Waals surface area contributed by atoms with Gasteiger partial charge in [0, 0.05) is 27.9 Å². The minimum absolute atomic E-state index is 0.250. The number of nitrogens with zero attached hydrogens (tertiary/aromatic N) is 1. The number of aromatic amines is 1. The van der Waals surface area contributed by atoms with Gasteiger partial charge in [0.25, 0.3) is 0 Å². The lowest BCUT2D eigenvalue weighted by Crippen LogP contribution is -2.19. The average molecular weight is 399 g/mol. The maximum absolute atomic E-state index is 12.5. The smallest absolute Gasteiger partial charge is 0.344 e. The van der Waals surface area contributed by atoms with Crippen molar-refractivity contribution in [2.45, 2.75) is 6.18 Å². The number of hydrogen-bond acceptors (Lipinski definition) is 2. The zero-order valence-electron chi connectivity index (χ0n) is 11.9. The Kier molecular flexibility index (Phi) is 4.18. The number of rotatable bonds is 2. The predicted molar refractivity (Wildman–Crippen MR) is 87.9 cm³/mol. The summed E-state index contributed by atoms with van der Waals surface area (Å²) in [4.78, 5) is 19.1. The second-order valence-corrected chi connectivity index (χ2v) is 5.82. The first-order valence-electron chi connectivity index (χ1n) is 6.71. The highest BCUT2D eigenvalue weighted by Gasteiger charge is 2.29. The van der Waals surface area contributed by atoms with Gasteiger partial charge in [0.15, 0.2) is 0 Å². The quantitative estimate of drug-likeness (QED) is 0.569. The van der Waals surface area contributed by atoms with Crippen LogP contribution in [0.5, 0.6) is 0 Å². The first-order valence-corrected chi connectivity index (χ1v) is 7.50. The molecule has 0 fully saturated rings. The Morgan fingerprint density at radius 2 is 1.88 bits per heavy atom. The topological polar surface area (TPSA) is 69.8 Å². The summed E-state index contributed by atoms with van der Waals surface area (Å²) >= 11 is 3.30. The van der Waals surface area contributed by atoms with Crippen molar-refractivity contribution < 1.29 is 18.0 Å². The van der Waals surface area contributed by atoms with E-state index in [1.807, 2.05) is 0 Å². The van der Waals surface area contributed by atoms with E-state index in [2.05, 4.69) is 36.5 Å². The Morgan fingerprint density at radius 3 is 2.54 bits per heavy atom. The van der Waals surface area contributed by atoms with Crippen molar-refractivity contribution in [3.05, 3.63) is 52.8 Å². The lowest BCUT2D eigenvalue weighted by Gasteiger charge is -2.09. The molecule has 0 atom stereocenters. The lowest BCUT2D eigenvalue weighted by atomic mass is 10.2. The van der Waals surface area contributed by atoms with Crippen molar-refractivity contribution in [2.24, 2.45) is 0 Å². The first kappa shape index (κ1) is 16.3. The molecule has 2 aromatic heterocycles. The van der Waals surface area contributed by atoms with E-state index in [1.54, 1.807) is 18.5 Å². The van der Waals surface area contributed by atoms with E-state index < -0.39 is 17.8 Å². The number of amides is 2. The molecule has 9 heteroatoms. The molecule has 0 saturated heterocycles. The maximum atomic E-state index is 12.5. The minimum atomic E-state index is -4.41. The van der Waals surface area contributed by atoms with Gasteiger partial charge in [-0.1, -0.05) is 0 Å². The number of benzene rings is 1. The highest BCUT2D eigenvalue weighted by Crippen LogP contribution is 2.30. The Morgan fingerprint density at radius 1 is 1.17 bits per heavy atom. The molecule has 3 N–H and O–H groups in total. The van der Waals surface area contributed by atoms with Crippen LogP contribution in [0.1, 0.15) is 5.56 Å². The van der Waals surface area contributed by atoms with Crippen molar-refractivity contribution in [2.75, 3.05) is 10.6 Å². The number of H-pyrrole nitrogens is 1. The Balaban J connectivity index is 1.72. The van der Waals surface area contributed by atoms with Gasteiger partial charge in [0.1, 0.15) is 5.65 Å². The molecular weight excluding hydrogens is 389 g/mol. The van der Waals surface area contributed by atoms with Crippen LogP contribution in [0.2, 0.25) is 0 Å². The number of nitrogens with one attached hydrogen (secondary N) is 3. The molecule has 2 heterocycles. The van der Waals surface area contributed by atoms with Gasteiger partial charge in [-0.15, -0.1) is 0 Å². The zero-order valence-corrected chi connectivity index (χ0v) is 13.5. The van der Waals surface area contributed by atoms with Crippen molar-refractivity contribution in [3.8, 4) is 0 Å². The van der Waals surface area contributed by atoms with Crippen LogP contribution in [0.25, 0.3) is 11.0 Å². The summed E-state index contributed by atoms with van der Waals surface area (Å²) in [6, 6.07) is 5.40. The summed E-state index contributed by atoms with van der Waals surface area (Å²) < 4.78 is 38.3. The number of alkyl halides is 3. The number of urea groups is 1. The van der Waals surface area contributed by atoms with E-state index in [0.717, 1.165) is 16.6 Å². The summed E-state index contributed by atoms with van der Waals surface area (Å²) in [6.07, 6.45) is -1.22. The lowest BCUT2D eigenvalue weighted by molar-refractivity contribution is -0.137. The third-order valence-electron chi connectivity index (χ3n) is 3.22. The molecule has 1 aromatic carbocycles. The molecule has 0 bridgehead atoms. The van der Waals surface area contributed by atoms with E-state index in [9.17, 15) is 18.0 Å². The van der Waals surface area contributed by atoms with Gasteiger partial charge in [0.2, 0.25) is 0 Å². The fourth-order valence-electron chi connectivity index (χ4n) is 2.11. The minimum Gasteiger partial charge on any atom is -0.344 e. The van der Waals surface area contributed by atoms with Crippen molar-refractivity contribution in [3.63, 3.8) is 0 Å². The van der Waals surface area contributed by atoms with Gasteiger partial charge < -0.3 is 15.6 Å². The number of pyridine rings is 1. The molecule has 2 amide bonds. The molecule has 5 nitrogen and oxygen atoms in total. The van der Waals surface area contributed by atoms with Crippen LogP contribution >= 0.6 is 15.9 Å². The monoisotopic (exact) mass is 398 g/mol. The standard InChI is InChI=1S/C15H10BrF3N4O/c16-9-5-11-12(7-21-13(11)20-6-9)23-14(24)22-10-3-1-8(2-4-10)15(17,18)19/h1-7H,(H,20,21)(H2,22,23,24). The van der Waals surface area contributed by atoms with Crippen LogP contribution < -0.4 is 10.6 Å². The van der Waals surface area contributed by atoms with E-state index in [1.165, 1.54) is 12.1 Å². The molecule has 24 heavy (non-hydrogen) atoms.